The van der Waals surface area contributed by atoms with Crippen molar-refractivity contribution in [3.63, 3.8) is 0 Å². The number of carbonyl (C=O) groups is 1. The normalized spacial score (nSPS) is 11.5. The summed E-state index contributed by atoms with van der Waals surface area (Å²) in [5.74, 6) is -0.126. The van der Waals surface area contributed by atoms with Gasteiger partial charge in [0.15, 0.2) is 0 Å². The van der Waals surface area contributed by atoms with Crippen molar-refractivity contribution in [3.05, 3.63) is 70.2 Å². The second-order valence-corrected chi connectivity index (χ2v) is 8.60. The number of benzene rings is 2. The Kier molecular flexibility index (Phi) is 7.20. The van der Waals surface area contributed by atoms with Gasteiger partial charge < -0.3 is 5.32 Å². The number of amides is 1. The van der Waals surface area contributed by atoms with Crippen molar-refractivity contribution >= 4 is 27.5 Å². The van der Waals surface area contributed by atoms with E-state index in [9.17, 15) is 13.2 Å². The van der Waals surface area contributed by atoms with Crippen LogP contribution in [0.3, 0.4) is 0 Å². The molecule has 0 fully saturated rings. The highest BCUT2D eigenvalue weighted by Crippen LogP contribution is 2.13. The summed E-state index contributed by atoms with van der Waals surface area (Å²) < 4.78 is 25.3. The molecule has 0 aliphatic rings. The fourth-order valence-electron chi connectivity index (χ4n) is 2.52. The molecule has 0 unspecified atom stereocenters. The monoisotopic (exact) mass is 394 g/mol. The molecule has 0 saturated heterocycles. The molecule has 2 aromatic carbocycles. The predicted molar refractivity (Wildman–Crippen MR) is 105 cm³/mol. The van der Waals surface area contributed by atoms with Crippen LogP contribution in [-0.4, -0.2) is 38.0 Å². The maximum Gasteiger partial charge on any atom is 0.224 e. The molecule has 0 atom stereocenters. The van der Waals surface area contributed by atoms with Gasteiger partial charge >= 0.3 is 0 Å². The minimum Gasteiger partial charge on any atom is -0.354 e. The van der Waals surface area contributed by atoms with Crippen LogP contribution in [0.15, 0.2) is 48.5 Å². The van der Waals surface area contributed by atoms with Crippen LogP contribution in [0.5, 0.6) is 0 Å². The molecule has 0 saturated carbocycles. The predicted octanol–water partition coefficient (Wildman–Crippen LogP) is 2.77. The molecule has 0 aliphatic heterocycles. The summed E-state index contributed by atoms with van der Waals surface area (Å²) in [4.78, 5) is 12.1. The van der Waals surface area contributed by atoms with Crippen molar-refractivity contribution in [3.8, 4) is 0 Å². The van der Waals surface area contributed by atoms with Gasteiger partial charge in [-0.1, -0.05) is 48.0 Å². The third-order valence-electron chi connectivity index (χ3n) is 4.04. The van der Waals surface area contributed by atoms with Crippen LogP contribution in [0.2, 0.25) is 5.02 Å². The highest BCUT2D eigenvalue weighted by molar-refractivity contribution is 7.88. The van der Waals surface area contributed by atoms with Crippen LogP contribution < -0.4 is 5.32 Å². The molecular weight excluding hydrogens is 372 g/mol. The molecule has 140 valence electrons. The summed E-state index contributed by atoms with van der Waals surface area (Å²) in [5, 5.41) is 3.39. The fraction of sp³-hybridized carbons (Fsp3) is 0.316. The summed E-state index contributed by atoms with van der Waals surface area (Å²) in [6.07, 6.45) is 1.45. The lowest BCUT2D eigenvalue weighted by atomic mass is 10.1. The molecule has 0 heterocycles. The van der Waals surface area contributed by atoms with E-state index in [1.54, 1.807) is 24.3 Å². The molecule has 0 aliphatic carbocycles. The maximum absolute atomic E-state index is 12.1. The van der Waals surface area contributed by atoms with Crippen molar-refractivity contribution < 1.29 is 13.2 Å². The first-order valence-corrected chi connectivity index (χ1v) is 10.5. The Morgan fingerprint density at radius 2 is 1.77 bits per heavy atom. The highest BCUT2D eigenvalue weighted by atomic mass is 35.5. The van der Waals surface area contributed by atoms with Gasteiger partial charge in [0.05, 0.1) is 12.7 Å². The summed E-state index contributed by atoms with van der Waals surface area (Å²) in [7, 11) is -3.39. The summed E-state index contributed by atoms with van der Waals surface area (Å²) in [6, 6.07) is 14.7. The Morgan fingerprint density at radius 3 is 2.38 bits per heavy atom. The number of hydrogen-bond acceptors (Lipinski definition) is 3. The van der Waals surface area contributed by atoms with E-state index in [-0.39, 0.29) is 32.0 Å². The molecule has 0 bridgehead atoms. The first-order chi connectivity index (χ1) is 12.3. The lowest BCUT2D eigenvalue weighted by Gasteiger charge is -2.20. The van der Waals surface area contributed by atoms with E-state index >= 15 is 0 Å². The largest absolute Gasteiger partial charge is 0.354 e. The summed E-state index contributed by atoms with van der Waals surface area (Å²) in [6.45, 7) is 2.66. The molecule has 26 heavy (non-hydrogen) atoms. The minimum atomic E-state index is -3.39. The Balaban J connectivity index is 1.90. The average Bonchev–Trinajstić information content (AvgIpc) is 2.57. The number of carbonyl (C=O) groups excluding carboxylic acids is 1. The fourth-order valence-corrected chi connectivity index (χ4v) is 3.45. The molecule has 2 aromatic rings. The number of sulfonamides is 1. The number of hydrogen-bond donors (Lipinski definition) is 1. The zero-order chi connectivity index (χ0) is 19.2. The Labute approximate surface area is 160 Å². The second-order valence-electron chi connectivity index (χ2n) is 6.18. The number of aryl methyl sites for hydroxylation is 1. The Hall–Kier alpha value is -1.89. The second kappa shape index (κ2) is 9.16. The molecule has 1 amide bonds. The van der Waals surface area contributed by atoms with Crippen molar-refractivity contribution in [1.82, 2.24) is 9.62 Å². The van der Waals surface area contributed by atoms with Gasteiger partial charge in [0.2, 0.25) is 15.9 Å². The van der Waals surface area contributed by atoms with Crippen molar-refractivity contribution in [1.29, 1.82) is 0 Å². The highest BCUT2D eigenvalue weighted by Gasteiger charge is 2.17. The number of rotatable bonds is 8. The molecule has 1 N–H and O–H groups in total. The Morgan fingerprint density at radius 1 is 1.12 bits per heavy atom. The zero-order valence-electron chi connectivity index (χ0n) is 14.9. The van der Waals surface area contributed by atoms with Gasteiger partial charge in [-0.25, -0.2) is 8.42 Å². The third kappa shape index (κ3) is 6.44. The van der Waals surface area contributed by atoms with Gasteiger partial charge in [0.1, 0.15) is 0 Å². The molecule has 5 nitrogen and oxygen atoms in total. The standard InChI is InChI=1S/C19H23ClN2O3S/c1-15-5-3-4-6-17(15)13-19(23)21-11-12-22(26(2,24)25)14-16-7-9-18(20)10-8-16/h3-10H,11-14H2,1-2H3,(H,21,23). The maximum atomic E-state index is 12.1. The molecule has 0 spiro atoms. The van der Waals surface area contributed by atoms with Crippen LogP contribution in [-0.2, 0) is 27.8 Å². The average molecular weight is 395 g/mol. The number of nitrogens with zero attached hydrogens (tertiary/aromatic N) is 1. The van der Waals surface area contributed by atoms with E-state index in [0.29, 0.717) is 5.02 Å². The lowest BCUT2D eigenvalue weighted by Crippen LogP contribution is -2.38. The van der Waals surface area contributed by atoms with E-state index in [4.69, 9.17) is 11.6 Å². The van der Waals surface area contributed by atoms with Gasteiger partial charge in [-0.3, -0.25) is 4.79 Å². The summed E-state index contributed by atoms with van der Waals surface area (Å²) >= 11 is 5.85. The minimum absolute atomic E-state index is 0.126. The van der Waals surface area contributed by atoms with E-state index in [1.807, 2.05) is 31.2 Å². The number of halogens is 1. The molecule has 2 rings (SSSR count). The quantitative estimate of drug-likeness (QED) is 0.748. The molecular formula is C19H23ClN2O3S. The van der Waals surface area contributed by atoms with Gasteiger partial charge in [-0.05, 0) is 35.7 Å². The van der Waals surface area contributed by atoms with Crippen molar-refractivity contribution in [2.45, 2.75) is 19.9 Å². The third-order valence-corrected chi connectivity index (χ3v) is 5.54. The topological polar surface area (TPSA) is 66.5 Å². The van der Waals surface area contributed by atoms with E-state index in [2.05, 4.69) is 5.32 Å². The van der Waals surface area contributed by atoms with Crippen LogP contribution >= 0.6 is 11.6 Å². The SMILES string of the molecule is Cc1ccccc1CC(=O)NCCN(Cc1ccc(Cl)cc1)S(C)(=O)=O. The van der Waals surface area contributed by atoms with Gasteiger partial charge in [-0.2, -0.15) is 4.31 Å². The van der Waals surface area contributed by atoms with Crippen LogP contribution in [0.25, 0.3) is 0 Å². The smallest absolute Gasteiger partial charge is 0.224 e. The van der Waals surface area contributed by atoms with Crippen molar-refractivity contribution in [2.24, 2.45) is 0 Å². The van der Waals surface area contributed by atoms with Crippen LogP contribution in [0.1, 0.15) is 16.7 Å². The Bertz CT molecular complexity index is 851. The number of nitrogens with one attached hydrogen (secondary N) is 1. The first-order valence-electron chi connectivity index (χ1n) is 8.26. The molecule has 0 aromatic heterocycles. The van der Waals surface area contributed by atoms with Gasteiger partial charge in [0.25, 0.3) is 0 Å². The van der Waals surface area contributed by atoms with E-state index in [1.165, 1.54) is 4.31 Å². The van der Waals surface area contributed by atoms with Crippen molar-refractivity contribution in [2.75, 3.05) is 19.3 Å². The van der Waals surface area contributed by atoms with Gasteiger partial charge in [-0.15, -0.1) is 0 Å². The first kappa shape index (κ1) is 20.4. The van der Waals surface area contributed by atoms with Crippen LogP contribution in [0.4, 0.5) is 0 Å². The van der Waals surface area contributed by atoms with Crippen LogP contribution in [0, 0.1) is 6.92 Å². The molecule has 0 radical (unpaired) electrons. The van der Waals surface area contributed by atoms with Gasteiger partial charge in [0, 0.05) is 24.7 Å². The van der Waals surface area contributed by atoms with E-state index in [0.717, 1.165) is 22.9 Å². The zero-order valence-corrected chi connectivity index (χ0v) is 16.5. The lowest BCUT2D eigenvalue weighted by molar-refractivity contribution is -0.120. The summed E-state index contributed by atoms with van der Waals surface area (Å²) in [5.41, 5.74) is 2.86. The van der Waals surface area contributed by atoms with E-state index < -0.39 is 10.0 Å². The molecule has 7 heteroatoms.